The van der Waals surface area contributed by atoms with Crippen LogP contribution in [0.25, 0.3) is 0 Å². The van der Waals surface area contributed by atoms with Gasteiger partial charge in [0.25, 0.3) is 0 Å². The Hall–Kier alpha value is -1.16. The molecule has 18 heavy (non-hydrogen) atoms. The molecule has 1 aliphatic rings. The molecule has 0 bridgehead atoms. The van der Waals surface area contributed by atoms with Crippen molar-refractivity contribution in [3.63, 3.8) is 0 Å². The quantitative estimate of drug-likeness (QED) is 0.868. The average Bonchev–Trinajstić information content (AvgIpc) is 2.89. The summed E-state index contributed by atoms with van der Waals surface area (Å²) in [6.45, 7) is 5.07. The Labute approximate surface area is 110 Å². The van der Waals surface area contributed by atoms with Crippen molar-refractivity contribution < 1.29 is 0 Å². The van der Waals surface area contributed by atoms with Gasteiger partial charge in [-0.15, -0.1) is 0 Å². The minimum atomic E-state index is 0.475. The van der Waals surface area contributed by atoms with Gasteiger partial charge in [0.1, 0.15) is 5.82 Å². The molecular weight excluding hydrogens is 224 g/mol. The molecule has 0 aromatic carbocycles. The van der Waals surface area contributed by atoms with Crippen LogP contribution in [0.4, 0.5) is 5.82 Å². The highest BCUT2D eigenvalue weighted by molar-refractivity contribution is 5.36. The zero-order valence-electron chi connectivity index (χ0n) is 11.7. The predicted molar refractivity (Wildman–Crippen MR) is 74.7 cm³/mol. The fourth-order valence-electron chi connectivity index (χ4n) is 2.44. The molecule has 2 rings (SSSR count). The lowest BCUT2D eigenvalue weighted by molar-refractivity contribution is 0.578. The molecule has 0 radical (unpaired) electrons. The first kappa shape index (κ1) is 13.3. The van der Waals surface area contributed by atoms with Crippen LogP contribution in [0.2, 0.25) is 0 Å². The third-order valence-electron chi connectivity index (χ3n) is 3.60. The molecule has 0 atom stereocenters. The van der Waals surface area contributed by atoms with Gasteiger partial charge in [0.05, 0.1) is 11.9 Å². The summed E-state index contributed by atoms with van der Waals surface area (Å²) in [6, 6.07) is 1.12. The molecule has 4 nitrogen and oxygen atoms in total. The van der Waals surface area contributed by atoms with Gasteiger partial charge in [-0.3, -0.25) is 4.98 Å². The summed E-state index contributed by atoms with van der Waals surface area (Å²) >= 11 is 0. The predicted octanol–water partition coefficient (Wildman–Crippen LogP) is 2.35. The first-order valence-corrected chi connectivity index (χ1v) is 6.94. The topological polar surface area (TPSA) is 41.1 Å². The molecule has 1 aromatic rings. The summed E-state index contributed by atoms with van der Waals surface area (Å²) in [7, 11) is 2.14. The van der Waals surface area contributed by atoms with Crippen LogP contribution < -0.4 is 10.2 Å². The van der Waals surface area contributed by atoms with Crippen LogP contribution in [0.15, 0.2) is 12.4 Å². The third-order valence-corrected chi connectivity index (χ3v) is 3.60. The molecule has 100 valence electrons. The molecule has 1 fully saturated rings. The van der Waals surface area contributed by atoms with E-state index in [9.17, 15) is 0 Å². The Balaban J connectivity index is 2.01. The second-order valence-corrected chi connectivity index (χ2v) is 5.45. The number of nitrogens with one attached hydrogen (secondary N) is 1. The van der Waals surface area contributed by atoms with E-state index in [2.05, 4.69) is 36.1 Å². The van der Waals surface area contributed by atoms with Crippen LogP contribution in [-0.4, -0.2) is 29.1 Å². The lowest BCUT2D eigenvalue weighted by Crippen LogP contribution is -2.30. The molecule has 1 heterocycles. The maximum Gasteiger partial charge on any atom is 0.147 e. The fraction of sp³-hybridized carbons (Fsp3) is 0.714. The highest BCUT2D eigenvalue weighted by Gasteiger charge is 2.20. The summed E-state index contributed by atoms with van der Waals surface area (Å²) in [4.78, 5) is 11.3. The number of rotatable bonds is 5. The van der Waals surface area contributed by atoms with Crippen LogP contribution in [0, 0.1) is 0 Å². The van der Waals surface area contributed by atoms with Gasteiger partial charge in [-0.05, 0) is 12.8 Å². The zero-order valence-corrected chi connectivity index (χ0v) is 11.7. The second-order valence-electron chi connectivity index (χ2n) is 5.45. The molecule has 0 saturated heterocycles. The monoisotopic (exact) mass is 248 g/mol. The maximum absolute atomic E-state index is 4.69. The summed E-state index contributed by atoms with van der Waals surface area (Å²) in [5.74, 6) is 1.00. The standard InChI is InChI=1S/C14H24N4/c1-11(2)16-9-12-8-15-10-14(17-12)18(3)13-6-4-5-7-13/h8,10-11,13,16H,4-7,9H2,1-3H3. The number of hydrogen-bond donors (Lipinski definition) is 1. The summed E-state index contributed by atoms with van der Waals surface area (Å²) in [5, 5.41) is 3.38. The fourth-order valence-corrected chi connectivity index (χ4v) is 2.44. The molecular formula is C14H24N4. The molecule has 0 aliphatic heterocycles. The smallest absolute Gasteiger partial charge is 0.147 e. The molecule has 1 N–H and O–H groups in total. The van der Waals surface area contributed by atoms with Crippen molar-refractivity contribution >= 4 is 5.82 Å². The number of nitrogens with zero attached hydrogens (tertiary/aromatic N) is 3. The SMILES string of the molecule is CC(C)NCc1cncc(N(C)C2CCCC2)n1. The van der Waals surface area contributed by atoms with E-state index in [1.165, 1.54) is 25.7 Å². The molecule has 1 aromatic heterocycles. The molecule has 1 saturated carbocycles. The van der Waals surface area contributed by atoms with Gasteiger partial charge in [0.2, 0.25) is 0 Å². The van der Waals surface area contributed by atoms with Crippen molar-refractivity contribution in [2.24, 2.45) is 0 Å². The highest BCUT2D eigenvalue weighted by Crippen LogP contribution is 2.25. The first-order valence-electron chi connectivity index (χ1n) is 6.94. The van der Waals surface area contributed by atoms with E-state index in [0.29, 0.717) is 12.1 Å². The molecule has 0 unspecified atom stereocenters. The number of hydrogen-bond acceptors (Lipinski definition) is 4. The van der Waals surface area contributed by atoms with Crippen LogP contribution in [0.3, 0.4) is 0 Å². The molecule has 4 heteroatoms. The zero-order chi connectivity index (χ0) is 13.0. The van der Waals surface area contributed by atoms with Gasteiger partial charge < -0.3 is 10.2 Å². The van der Waals surface area contributed by atoms with Crippen molar-refractivity contribution in [1.29, 1.82) is 0 Å². The summed E-state index contributed by atoms with van der Waals surface area (Å²) in [5.41, 5.74) is 1.02. The minimum absolute atomic E-state index is 0.475. The van der Waals surface area contributed by atoms with Crippen LogP contribution in [-0.2, 0) is 6.54 Å². The van der Waals surface area contributed by atoms with E-state index in [0.717, 1.165) is 18.1 Å². The van der Waals surface area contributed by atoms with E-state index in [1.54, 1.807) is 0 Å². The van der Waals surface area contributed by atoms with Gasteiger partial charge in [-0.1, -0.05) is 26.7 Å². The Morgan fingerprint density at radius 1 is 1.33 bits per heavy atom. The van der Waals surface area contributed by atoms with Crippen LogP contribution in [0.5, 0.6) is 0 Å². The van der Waals surface area contributed by atoms with Crippen LogP contribution >= 0.6 is 0 Å². The summed E-state index contributed by atoms with van der Waals surface area (Å²) < 4.78 is 0. The van der Waals surface area contributed by atoms with E-state index in [-0.39, 0.29) is 0 Å². The van der Waals surface area contributed by atoms with Crippen molar-refractivity contribution in [1.82, 2.24) is 15.3 Å². The van der Waals surface area contributed by atoms with Crippen molar-refractivity contribution in [3.05, 3.63) is 18.1 Å². The molecule has 0 spiro atoms. The van der Waals surface area contributed by atoms with Gasteiger partial charge in [0.15, 0.2) is 0 Å². The molecule has 1 aliphatic carbocycles. The van der Waals surface area contributed by atoms with Crippen molar-refractivity contribution in [2.75, 3.05) is 11.9 Å². The minimum Gasteiger partial charge on any atom is -0.355 e. The lowest BCUT2D eigenvalue weighted by atomic mass is 10.2. The van der Waals surface area contributed by atoms with Crippen LogP contribution in [0.1, 0.15) is 45.2 Å². The Kier molecular flexibility index (Phi) is 4.53. The second kappa shape index (κ2) is 6.14. The van der Waals surface area contributed by atoms with Gasteiger partial charge in [0, 0.05) is 31.9 Å². The maximum atomic E-state index is 4.69. The average molecular weight is 248 g/mol. The largest absolute Gasteiger partial charge is 0.355 e. The Morgan fingerprint density at radius 2 is 2.06 bits per heavy atom. The Morgan fingerprint density at radius 3 is 2.72 bits per heavy atom. The third kappa shape index (κ3) is 3.42. The summed E-state index contributed by atoms with van der Waals surface area (Å²) in [6.07, 6.45) is 8.98. The highest BCUT2D eigenvalue weighted by atomic mass is 15.2. The normalized spacial score (nSPS) is 16.4. The van der Waals surface area contributed by atoms with E-state index >= 15 is 0 Å². The first-order chi connectivity index (χ1) is 8.66. The number of anilines is 1. The van der Waals surface area contributed by atoms with E-state index in [4.69, 9.17) is 4.98 Å². The molecule has 0 amide bonds. The van der Waals surface area contributed by atoms with E-state index in [1.807, 2.05) is 12.4 Å². The Bertz CT molecular complexity index is 372. The van der Waals surface area contributed by atoms with Crippen molar-refractivity contribution in [3.8, 4) is 0 Å². The van der Waals surface area contributed by atoms with Gasteiger partial charge >= 0.3 is 0 Å². The van der Waals surface area contributed by atoms with Gasteiger partial charge in [-0.2, -0.15) is 0 Å². The van der Waals surface area contributed by atoms with Gasteiger partial charge in [-0.25, -0.2) is 4.98 Å². The van der Waals surface area contributed by atoms with E-state index < -0.39 is 0 Å². The lowest BCUT2D eigenvalue weighted by Gasteiger charge is -2.25. The van der Waals surface area contributed by atoms with Crippen molar-refractivity contribution in [2.45, 2.75) is 58.2 Å². The number of aromatic nitrogens is 2.